The summed E-state index contributed by atoms with van der Waals surface area (Å²) in [6, 6.07) is 10.4. The van der Waals surface area contributed by atoms with Gasteiger partial charge in [0.15, 0.2) is 5.96 Å². The van der Waals surface area contributed by atoms with Gasteiger partial charge < -0.3 is 24.6 Å². The first kappa shape index (κ1) is 28.0. The fourth-order valence-electron chi connectivity index (χ4n) is 3.09. The van der Waals surface area contributed by atoms with Crippen LogP contribution in [0.25, 0.3) is 0 Å². The number of aliphatic imine (C=N–C) groups is 1. The third kappa shape index (κ3) is 11.4. The normalized spacial score (nSPS) is 14.8. The minimum absolute atomic E-state index is 0. The quantitative estimate of drug-likeness (QED) is 0.147. The van der Waals surface area contributed by atoms with Gasteiger partial charge in [0.2, 0.25) is 5.91 Å². The number of amides is 1. The summed E-state index contributed by atoms with van der Waals surface area (Å²) < 4.78 is 11.0. The second kappa shape index (κ2) is 16.6. The van der Waals surface area contributed by atoms with Gasteiger partial charge >= 0.3 is 0 Å². The van der Waals surface area contributed by atoms with Gasteiger partial charge in [-0.15, -0.1) is 35.7 Å². The lowest BCUT2D eigenvalue weighted by Gasteiger charge is -2.34. The van der Waals surface area contributed by atoms with Crippen molar-refractivity contribution in [2.45, 2.75) is 30.3 Å². The van der Waals surface area contributed by atoms with Crippen molar-refractivity contribution >= 4 is 47.6 Å². The van der Waals surface area contributed by atoms with Gasteiger partial charge in [-0.25, -0.2) is 4.99 Å². The Kier molecular flexibility index (Phi) is 15.0. The molecule has 1 saturated heterocycles. The van der Waals surface area contributed by atoms with Crippen LogP contribution in [0, 0.1) is 0 Å². The number of methoxy groups -OCH3 is 1. The van der Waals surface area contributed by atoms with Crippen LogP contribution in [0.2, 0.25) is 0 Å². The van der Waals surface area contributed by atoms with E-state index < -0.39 is 0 Å². The van der Waals surface area contributed by atoms with Gasteiger partial charge in [-0.2, -0.15) is 0 Å². The number of hydrogen-bond donors (Lipinski definition) is 1. The van der Waals surface area contributed by atoms with Crippen LogP contribution < -0.4 is 5.32 Å². The predicted molar refractivity (Wildman–Crippen MR) is 139 cm³/mol. The molecule has 1 aromatic rings. The number of nitrogens with zero attached hydrogens (tertiary/aromatic N) is 3. The first-order chi connectivity index (χ1) is 14.6. The van der Waals surface area contributed by atoms with Crippen molar-refractivity contribution in [3.63, 3.8) is 0 Å². The van der Waals surface area contributed by atoms with Crippen molar-refractivity contribution < 1.29 is 14.3 Å². The summed E-state index contributed by atoms with van der Waals surface area (Å²) in [7, 11) is 5.23. The molecule has 0 unspecified atom stereocenters. The number of nitrogens with one attached hydrogen (secondary N) is 1. The van der Waals surface area contributed by atoms with Crippen LogP contribution in [0.15, 0.2) is 40.2 Å². The smallest absolute Gasteiger partial charge is 0.243 e. The minimum Gasteiger partial charge on any atom is -0.385 e. The zero-order chi connectivity index (χ0) is 21.6. The van der Waals surface area contributed by atoms with Crippen LogP contribution in [0.3, 0.4) is 0 Å². The summed E-state index contributed by atoms with van der Waals surface area (Å²) in [5.41, 5.74) is 0. The molecule has 9 heteroatoms. The summed E-state index contributed by atoms with van der Waals surface area (Å²) in [6.07, 6.45) is 3.15. The molecule has 0 aliphatic carbocycles. The van der Waals surface area contributed by atoms with E-state index >= 15 is 0 Å². The molecule has 0 aromatic heterocycles. The number of thioether (sulfide) groups is 1. The SMILES string of the molecule is COCCCOC1CCN(C(=NCC(=O)N(C)C)NCCSc2ccccc2)CC1.I. The second-order valence-electron chi connectivity index (χ2n) is 7.42. The molecule has 1 aromatic carbocycles. The maximum atomic E-state index is 12.0. The van der Waals surface area contributed by atoms with Gasteiger partial charge in [-0.05, 0) is 31.4 Å². The number of rotatable bonds is 11. The van der Waals surface area contributed by atoms with E-state index in [0.29, 0.717) is 0 Å². The summed E-state index contributed by atoms with van der Waals surface area (Å²) >= 11 is 1.81. The molecule has 0 radical (unpaired) electrons. The van der Waals surface area contributed by atoms with Gasteiger partial charge in [-0.1, -0.05) is 18.2 Å². The zero-order valence-electron chi connectivity index (χ0n) is 18.9. The summed E-state index contributed by atoms with van der Waals surface area (Å²) in [6.45, 7) is 4.19. The molecule has 0 spiro atoms. The van der Waals surface area contributed by atoms with Crippen molar-refractivity contribution in [1.29, 1.82) is 0 Å². The average Bonchev–Trinajstić information content (AvgIpc) is 2.77. The molecule has 1 heterocycles. The lowest BCUT2D eigenvalue weighted by atomic mass is 10.1. The number of carbonyl (C=O) groups is 1. The molecule has 1 amide bonds. The Labute approximate surface area is 208 Å². The first-order valence-electron chi connectivity index (χ1n) is 10.6. The third-order valence-corrected chi connectivity index (χ3v) is 5.86. The molecule has 0 bridgehead atoms. The Morgan fingerprint density at radius 1 is 1.23 bits per heavy atom. The molecule has 1 aliphatic rings. The highest BCUT2D eigenvalue weighted by atomic mass is 127. The van der Waals surface area contributed by atoms with E-state index in [-0.39, 0.29) is 42.5 Å². The lowest BCUT2D eigenvalue weighted by Crippen LogP contribution is -2.48. The maximum Gasteiger partial charge on any atom is 0.243 e. The Bertz CT molecular complexity index is 641. The molecule has 2 rings (SSSR count). The van der Waals surface area contributed by atoms with E-state index in [0.717, 1.165) is 63.8 Å². The highest BCUT2D eigenvalue weighted by molar-refractivity contribution is 14.0. The highest BCUT2D eigenvalue weighted by Crippen LogP contribution is 2.17. The van der Waals surface area contributed by atoms with E-state index in [9.17, 15) is 4.79 Å². The van der Waals surface area contributed by atoms with Crippen LogP contribution in [-0.2, 0) is 14.3 Å². The maximum absolute atomic E-state index is 12.0. The average molecular weight is 565 g/mol. The Balaban J connectivity index is 0.00000480. The first-order valence-corrected chi connectivity index (χ1v) is 11.6. The fraction of sp³-hybridized carbons (Fsp3) is 0.636. The van der Waals surface area contributed by atoms with Crippen molar-refractivity contribution in [2.24, 2.45) is 4.99 Å². The molecule has 0 saturated carbocycles. The molecule has 176 valence electrons. The van der Waals surface area contributed by atoms with Gasteiger partial charge in [0, 0.05) is 64.7 Å². The van der Waals surface area contributed by atoms with Crippen molar-refractivity contribution in [3.05, 3.63) is 30.3 Å². The zero-order valence-corrected chi connectivity index (χ0v) is 22.1. The van der Waals surface area contributed by atoms with Gasteiger partial charge in [0.25, 0.3) is 0 Å². The van der Waals surface area contributed by atoms with Crippen LogP contribution in [0.1, 0.15) is 19.3 Å². The fourth-order valence-corrected chi connectivity index (χ4v) is 3.88. The topological polar surface area (TPSA) is 66.4 Å². The molecule has 1 fully saturated rings. The second-order valence-corrected chi connectivity index (χ2v) is 8.59. The van der Waals surface area contributed by atoms with Crippen LogP contribution in [-0.4, -0.2) is 94.1 Å². The molecule has 0 atom stereocenters. The molecular formula is C22H37IN4O3S. The summed E-state index contributed by atoms with van der Waals surface area (Å²) in [5.74, 6) is 1.75. The van der Waals surface area contributed by atoms with Gasteiger partial charge in [0.05, 0.1) is 6.10 Å². The number of benzene rings is 1. The molecular weight excluding hydrogens is 527 g/mol. The van der Waals surface area contributed by atoms with Crippen molar-refractivity contribution in [2.75, 3.05) is 66.4 Å². The van der Waals surface area contributed by atoms with Crippen LogP contribution in [0.4, 0.5) is 0 Å². The standard InChI is InChI=1S/C22H36N4O3S.HI/c1-25(2)21(27)18-24-22(23-12-17-30-20-8-5-4-6-9-20)26-13-10-19(11-14-26)29-16-7-15-28-3;/h4-6,8-9,19H,7,10-18H2,1-3H3,(H,23,24);1H. The highest BCUT2D eigenvalue weighted by Gasteiger charge is 2.22. The van der Waals surface area contributed by atoms with Crippen LogP contribution >= 0.6 is 35.7 Å². The number of ether oxygens (including phenoxy) is 2. The van der Waals surface area contributed by atoms with E-state index in [1.165, 1.54) is 4.90 Å². The van der Waals surface area contributed by atoms with Crippen molar-refractivity contribution in [3.8, 4) is 0 Å². The van der Waals surface area contributed by atoms with Gasteiger partial charge in [0.1, 0.15) is 6.54 Å². The minimum atomic E-state index is 0. The molecule has 1 aliphatic heterocycles. The number of likely N-dealkylation sites (tertiary alicyclic amines) is 1. The number of piperidine rings is 1. The number of likely N-dealkylation sites (N-methyl/N-ethyl adjacent to an activating group) is 1. The predicted octanol–water partition coefficient (Wildman–Crippen LogP) is 2.95. The third-order valence-electron chi connectivity index (χ3n) is 4.85. The Morgan fingerprint density at radius 3 is 2.58 bits per heavy atom. The molecule has 31 heavy (non-hydrogen) atoms. The number of guanidine groups is 1. The Morgan fingerprint density at radius 2 is 1.94 bits per heavy atom. The monoisotopic (exact) mass is 564 g/mol. The number of carbonyl (C=O) groups excluding carboxylic acids is 1. The van der Waals surface area contributed by atoms with Gasteiger partial charge in [-0.3, -0.25) is 4.79 Å². The largest absolute Gasteiger partial charge is 0.385 e. The van der Waals surface area contributed by atoms with E-state index in [2.05, 4.69) is 39.5 Å². The number of hydrogen-bond acceptors (Lipinski definition) is 5. The lowest BCUT2D eigenvalue weighted by molar-refractivity contribution is -0.127. The number of halogens is 1. The molecule has 7 nitrogen and oxygen atoms in total. The van der Waals surface area contributed by atoms with E-state index in [1.54, 1.807) is 26.1 Å². The van der Waals surface area contributed by atoms with Crippen LogP contribution in [0.5, 0.6) is 0 Å². The molecule has 1 N–H and O–H groups in total. The summed E-state index contributed by atoms with van der Waals surface area (Å²) in [5, 5.41) is 3.46. The van der Waals surface area contributed by atoms with E-state index in [1.807, 2.05) is 17.8 Å². The Hall–Kier alpha value is -1.04. The van der Waals surface area contributed by atoms with Crippen molar-refractivity contribution in [1.82, 2.24) is 15.1 Å². The van der Waals surface area contributed by atoms with E-state index in [4.69, 9.17) is 9.47 Å². The summed E-state index contributed by atoms with van der Waals surface area (Å²) in [4.78, 5) is 21.7.